The number of furan rings is 1. The van der Waals surface area contributed by atoms with Gasteiger partial charge in [-0.2, -0.15) is 0 Å². The Morgan fingerprint density at radius 3 is 2.68 bits per heavy atom. The number of carbonyl (C=O) groups is 1. The van der Waals surface area contributed by atoms with Gasteiger partial charge in [0.1, 0.15) is 11.3 Å². The Kier molecular flexibility index (Phi) is 5.96. The van der Waals surface area contributed by atoms with E-state index >= 15 is 0 Å². The van der Waals surface area contributed by atoms with Crippen molar-refractivity contribution in [2.45, 2.75) is 24.8 Å². The summed E-state index contributed by atoms with van der Waals surface area (Å²) in [5.41, 5.74) is 2.39. The molecule has 0 saturated heterocycles. The van der Waals surface area contributed by atoms with Crippen LogP contribution in [0.5, 0.6) is 0 Å². The van der Waals surface area contributed by atoms with Gasteiger partial charge in [-0.3, -0.25) is 4.79 Å². The van der Waals surface area contributed by atoms with Crippen LogP contribution in [0.4, 0.5) is 0 Å². The lowest BCUT2D eigenvalue weighted by Crippen LogP contribution is -2.21. The van der Waals surface area contributed by atoms with E-state index in [0.717, 1.165) is 28.7 Å². The number of amides is 1. The molecule has 0 aliphatic heterocycles. The number of hydrogen-bond acceptors (Lipinski definition) is 4. The van der Waals surface area contributed by atoms with Gasteiger partial charge in [0.25, 0.3) is 0 Å². The zero-order valence-corrected chi connectivity index (χ0v) is 16.5. The summed E-state index contributed by atoms with van der Waals surface area (Å²) in [6.45, 7) is 2.23. The molecular formula is C21H22N2O4S. The number of hydrogen-bond donors (Lipinski definition) is 2. The van der Waals surface area contributed by atoms with Gasteiger partial charge in [-0.15, -0.1) is 0 Å². The molecule has 2 aromatic carbocycles. The van der Waals surface area contributed by atoms with Crippen LogP contribution in [0.25, 0.3) is 17.0 Å². The highest BCUT2D eigenvalue weighted by atomic mass is 32.2. The van der Waals surface area contributed by atoms with Crippen LogP contribution in [0.1, 0.15) is 23.8 Å². The minimum Gasteiger partial charge on any atom is -0.460 e. The van der Waals surface area contributed by atoms with Crippen molar-refractivity contribution in [1.29, 1.82) is 0 Å². The summed E-state index contributed by atoms with van der Waals surface area (Å²) in [4.78, 5) is 12.4. The highest BCUT2D eigenvalue weighted by molar-refractivity contribution is 7.89. The highest BCUT2D eigenvalue weighted by Gasteiger charge is 2.12. The van der Waals surface area contributed by atoms with E-state index in [2.05, 4.69) is 10.0 Å². The number of carbonyl (C=O) groups excluding carboxylic acids is 1. The van der Waals surface area contributed by atoms with Crippen LogP contribution in [0.15, 0.2) is 63.9 Å². The lowest BCUT2D eigenvalue weighted by atomic mass is 10.1. The number of fused-ring (bicyclic) bond motifs is 1. The van der Waals surface area contributed by atoms with Crippen LogP contribution in [-0.2, 0) is 27.8 Å². The topological polar surface area (TPSA) is 88.4 Å². The van der Waals surface area contributed by atoms with Crippen LogP contribution in [0.3, 0.4) is 0 Å². The molecule has 28 heavy (non-hydrogen) atoms. The zero-order chi connectivity index (χ0) is 20.1. The van der Waals surface area contributed by atoms with Crippen LogP contribution in [0.2, 0.25) is 0 Å². The van der Waals surface area contributed by atoms with E-state index in [1.165, 1.54) is 25.3 Å². The highest BCUT2D eigenvalue weighted by Crippen LogP contribution is 2.27. The fourth-order valence-electron chi connectivity index (χ4n) is 2.91. The van der Waals surface area contributed by atoms with Gasteiger partial charge < -0.3 is 9.73 Å². The molecule has 0 atom stereocenters. The standard InChI is InChI=1S/C21H22N2O4S/c1-3-19-18(17-9-4-5-10-20(17)27-19)11-12-21(24)23-14-15-7-6-8-16(13-15)28(25,26)22-2/h4-13,22H,3,14H2,1-2H3,(H,23,24)/b12-11+. The third-order valence-corrected chi connectivity index (χ3v) is 5.79. The molecule has 1 amide bonds. The molecule has 0 spiro atoms. The number of nitrogens with one attached hydrogen (secondary N) is 2. The molecule has 0 saturated carbocycles. The van der Waals surface area contributed by atoms with Crippen molar-refractivity contribution in [3.8, 4) is 0 Å². The van der Waals surface area contributed by atoms with Gasteiger partial charge >= 0.3 is 0 Å². The van der Waals surface area contributed by atoms with Gasteiger partial charge in [0.05, 0.1) is 4.90 Å². The monoisotopic (exact) mass is 398 g/mol. The maximum atomic E-state index is 12.2. The lowest BCUT2D eigenvalue weighted by molar-refractivity contribution is -0.116. The first-order valence-corrected chi connectivity index (χ1v) is 10.4. The molecular weight excluding hydrogens is 376 g/mol. The number of sulfonamides is 1. The molecule has 7 heteroatoms. The lowest BCUT2D eigenvalue weighted by Gasteiger charge is -2.06. The van der Waals surface area contributed by atoms with E-state index in [4.69, 9.17) is 4.42 Å². The Bertz CT molecular complexity index is 1130. The van der Waals surface area contributed by atoms with E-state index in [1.807, 2.05) is 31.2 Å². The molecule has 1 heterocycles. The van der Waals surface area contributed by atoms with Crippen LogP contribution in [0, 0.1) is 0 Å². The van der Waals surface area contributed by atoms with E-state index in [-0.39, 0.29) is 17.3 Å². The number of para-hydroxylation sites is 1. The van der Waals surface area contributed by atoms with Crippen LogP contribution in [-0.4, -0.2) is 21.4 Å². The van der Waals surface area contributed by atoms with Crippen molar-refractivity contribution < 1.29 is 17.6 Å². The van der Waals surface area contributed by atoms with Gasteiger partial charge in [0, 0.05) is 30.0 Å². The molecule has 0 aliphatic rings. The van der Waals surface area contributed by atoms with Gasteiger partial charge in [0.2, 0.25) is 15.9 Å². The predicted molar refractivity (Wildman–Crippen MR) is 109 cm³/mol. The number of rotatable bonds is 7. The van der Waals surface area contributed by atoms with Crippen LogP contribution < -0.4 is 10.0 Å². The summed E-state index contributed by atoms with van der Waals surface area (Å²) in [5, 5.41) is 3.74. The van der Waals surface area contributed by atoms with E-state index in [0.29, 0.717) is 5.56 Å². The summed E-state index contributed by atoms with van der Waals surface area (Å²) in [6.07, 6.45) is 3.94. The molecule has 2 N–H and O–H groups in total. The molecule has 0 radical (unpaired) electrons. The van der Waals surface area contributed by atoms with Crippen molar-refractivity contribution in [3.63, 3.8) is 0 Å². The molecule has 6 nitrogen and oxygen atoms in total. The van der Waals surface area contributed by atoms with Gasteiger partial charge in [0.15, 0.2) is 0 Å². The molecule has 0 aliphatic carbocycles. The smallest absolute Gasteiger partial charge is 0.244 e. The third-order valence-electron chi connectivity index (χ3n) is 4.38. The fourth-order valence-corrected chi connectivity index (χ4v) is 3.71. The summed E-state index contributed by atoms with van der Waals surface area (Å²) < 4.78 is 31.8. The first-order chi connectivity index (χ1) is 13.4. The third kappa shape index (κ3) is 4.32. The van der Waals surface area contributed by atoms with Gasteiger partial charge in [-0.1, -0.05) is 37.3 Å². The first-order valence-electron chi connectivity index (χ1n) is 8.93. The minimum absolute atomic E-state index is 0.162. The molecule has 1 aromatic heterocycles. The van der Waals surface area contributed by atoms with Crippen LogP contribution >= 0.6 is 0 Å². The second-order valence-corrected chi connectivity index (χ2v) is 8.08. The number of aryl methyl sites for hydroxylation is 1. The Morgan fingerprint density at radius 1 is 1.14 bits per heavy atom. The van der Waals surface area contributed by atoms with Crippen molar-refractivity contribution >= 4 is 33.0 Å². The maximum absolute atomic E-state index is 12.2. The predicted octanol–water partition coefficient (Wildman–Crippen LogP) is 3.23. The normalized spacial score (nSPS) is 11.9. The average Bonchev–Trinajstić information content (AvgIpc) is 3.08. The van der Waals surface area contributed by atoms with Crippen molar-refractivity contribution in [2.75, 3.05) is 7.05 Å². The molecule has 0 bridgehead atoms. The summed E-state index contributed by atoms with van der Waals surface area (Å²) in [6, 6.07) is 14.2. The fraction of sp³-hybridized carbons (Fsp3) is 0.190. The van der Waals surface area contributed by atoms with E-state index in [1.54, 1.807) is 18.2 Å². The van der Waals surface area contributed by atoms with Crippen molar-refractivity contribution in [1.82, 2.24) is 10.0 Å². The first kappa shape index (κ1) is 19.9. The second kappa shape index (κ2) is 8.41. The Morgan fingerprint density at radius 2 is 1.93 bits per heavy atom. The SMILES string of the molecule is CCc1oc2ccccc2c1/C=C/C(=O)NCc1cccc(S(=O)(=O)NC)c1. The van der Waals surface area contributed by atoms with E-state index < -0.39 is 10.0 Å². The summed E-state index contributed by atoms with van der Waals surface area (Å²) >= 11 is 0. The van der Waals surface area contributed by atoms with Crippen molar-refractivity contribution in [3.05, 3.63) is 71.5 Å². The molecule has 0 unspecified atom stereocenters. The average molecular weight is 398 g/mol. The quantitative estimate of drug-likeness (QED) is 0.598. The zero-order valence-electron chi connectivity index (χ0n) is 15.7. The summed E-state index contributed by atoms with van der Waals surface area (Å²) in [7, 11) is -2.15. The molecule has 146 valence electrons. The second-order valence-electron chi connectivity index (χ2n) is 6.19. The Balaban J connectivity index is 1.71. The summed E-state index contributed by atoms with van der Waals surface area (Å²) in [5.74, 6) is 0.560. The molecule has 3 rings (SSSR count). The largest absolute Gasteiger partial charge is 0.460 e. The van der Waals surface area contributed by atoms with E-state index in [9.17, 15) is 13.2 Å². The van der Waals surface area contributed by atoms with Gasteiger partial charge in [-0.25, -0.2) is 13.1 Å². The number of benzene rings is 2. The van der Waals surface area contributed by atoms with Crippen molar-refractivity contribution in [2.24, 2.45) is 0 Å². The Labute approximate surface area is 164 Å². The minimum atomic E-state index is -3.51. The molecule has 0 fully saturated rings. The maximum Gasteiger partial charge on any atom is 0.244 e. The molecule has 3 aromatic rings. The van der Waals surface area contributed by atoms with Gasteiger partial charge in [-0.05, 0) is 36.9 Å². The Hall–Kier alpha value is -2.90.